The van der Waals surface area contributed by atoms with Crippen LogP contribution in [-0.2, 0) is 4.79 Å². The number of carbonyl (C=O) groups excluding carboxylic acids is 1. The second kappa shape index (κ2) is 11.5. The summed E-state index contributed by atoms with van der Waals surface area (Å²) in [5.74, 6) is 3.35. The van der Waals surface area contributed by atoms with Crippen molar-refractivity contribution < 1.29 is 14.3 Å². The summed E-state index contributed by atoms with van der Waals surface area (Å²) in [6.45, 7) is 3.94. The lowest BCUT2D eigenvalue weighted by Gasteiger charge is -2.13. The van der Waals surface area contributed by atoms with Gasteiger partial charge in [0.1, 0.15) is 11.5 Å². The zero-order chi connectivity index (χ0) is 21.3. The molecule has 3 rings (SSSR count). The van der Waals surface area contributed by atoms with Crippen molar-refractivity contribution >= 4 is 47.2 Å². The Bertz CT molecular complexity index is 871. The van der Waals surface area contributed by atoms with Gasteiger partial charge in [-0.15, -0.1) is 23.5 Å². The van der Waals surface area contributed by atoms with E-state index >= 15 is 0 Å². The molecule has 0 bridgehead atoms. The first-order valence-electron chi connectivity index (χ1n) is 9.79. The van der Waals surface area contributed by atoms with Gasteiger partial charge in [-0.2, -0.15) is 5.10 Å². The molecule has 1 saturated heterocycles. The molecule has 0 unspecified atom stereocenters. The summed E-state index contributed by atoms with van der Waals surface area (Å²) < 4.78 is 11.8. The Morgan fingerprint density at radius 1 is 1.27 bits per heavy atom. The fourth-order valence-electron chi connectivity index (χ4n) is 2.63. The third-order valence-corrected chi connectivity index (χ3v) is 7.81. The van der Waals surface area contributed by atoms with E-state index in [1.165, 1.54) is 23.3 Å². The van der Waals surface area contributed by atoms with Crippen LogP contribution in [0.1, 0.15) is 36.0 Å². The van der Waals surface area contributed by atoms with E-state index in [2.05, 4.69) is 29.6 Å². The van der Waals surface area contributed by atoms with Gasteiger partial charge in [0.15, 0.2) is 6.61 Å². The second-order valence-corrected chi connectivity index (χ2v) is 9.88. The highest BCUT2D eigenvalue weighted by Crippen LogP contribution is 2.45. The number of nitrogens with zero attached hydrogens (tertiary/aromatic N) is 1. The highest BCUT2D eigenvalue weighted by Gasteiger charge is 2.18. The number of nitrogens with one attached hydrogen (secondary N) is 1. The van der Waals surface area contributed by atoms with Crippen LogP contribution in [0.2, 0.25) is 5.02 Å². The number of ether oxygens (including phenoxy) is 2. The van der Waals surface area contributed by atoms with Crippen molar-refractivity contribution in [1.82, 2.24) is 5.43 Å². The van der Waals surface area contributed by atoms with Crippen LogP contribution >= 0.6 is 35.1 Å². The molecule has 0 aromatic heterocycles. The predicted octanol–water partition coefficient (Wildman–Crippen LogP) is 5.53. The molecule has 0 radical (unpaired) electrons. The largest absolute Gasteiger partial charge is 0.489 e. The molecule has 1 fully saturated rings. The Hall–Kier alpha value is -1.83. The molecule has 1 heterocycles. The van der Waals surface area contributed by atoms with Gasteiger partial charge in [-0.3, -0.25) is 4.79 Å². The zero-order valence-corrected chi connectivity index (χ0v) is 19.4. The number of hydrogen-bond donors (Lipinski definition) is 1. The quantitative estimate of drug-likeness (QED) is 0.390. The normalized spacial score (nSPS) is 15.3. The third-order valence-electron chi connectivity index (χ3n) is 4.41. The van der Waals surface area contributed by atoms with Crippen molar-refractivity contribution in [3.8, 4) is 11.5 Å². The lowest BCUT2D eigenvalue weighted by molar-refractivity contribution is -0.123. The molecular weight excluding hydrogens is 440 g/mol. The Labute approximate surface area is 190 Å². The fraction of sp³-hybridized carbons (Fsp3) is 0.364. The molecule has 5 nitrogen and oxygen atoms in total. The Kier molecular flexibility index (Phi) is 8.78. The van der Waals surface area contributed by atoms with Gasteiger partial charge in [0.2, 0.25) is 0 Å². The van der Waals surface area contributed by atoms with E-state index in [0.717, 1.165) is 12.0 Å². The molecule has 1 aliphatic rings. The van der Waals surface area contributed by atoms with Crippen molar-refractivity contribution in [2.24, 2.45) is 5.10 Å². The van der Waals surface area contributed by atoms with Gasteiger partial charge < -0.3 is 9.47 Å². The minimum Gasteiger partial charge on any atom is -0.489 e. The first kappa shape index (κ1) is 22.8. The van der Waals surface area contributed by atoms with E-state index in [-0.39, 0.29) is 18.6 Å². The van der Waals surface area contributed by atoms with Crippen LogP contribution in [0, 0.1) is 0 Å². The molecule has 1 atom stereocenters. The van der Waals surface area contributed by atoms with Crippen LogP contribution in [0.3, 0.4) is 0 Å². The van der Waals surface area contributed by atoms with Gasteiger partial charge in [-0.05, 0) is 54.8 Å². The van der Waals surface area contributed by atoms with Crippen LogP contribution < -0.4 is 14.9 Å². The maximum absolute atomic E-state index is 12.0. The van der Waals surface area contributed by atoms with Crippen molar-refractivity contribution in [2.75, 3.05) is 18.1 Å². The minimum absolute atomic E-state index is 0.0954. The molecule has 2 aromatic rings. The van der Waals surface area contributed by atoms with E-state index in [4.69, 9.17) is 21.1 Å². The van der Waals surface area contributed by atoms with Crippen molar-refractivity contribution in [1.29, 1.82) is 0 Å². The van der Waals surface area contributed by atoms with Gasteiger partial charge in [-0.1, -0.05) is 30.7 Å². The average Bonchev–Trinajstić information content (AvgIpc) is 3.29. The number of carbonyl (C=O) groups is 1. The molecule has 0 saturated carbocycles. The maximum Gasteiger partial charge on any atom is 0.277 e. The molecule has 8 heteroatoms. The molecule has 160 valence electrons. The fourth-order valence-corrected chi connectivity index (χ4v) is 5.72. The Morgan fingerprint density at radius 3 is 2.67 bits per heavy atom. The molecule has 1 aliphatic heterocycles. The molecule has 2 aromatic carbocycles. The van der Waals surface area contributed by atoms with Gasteiger partial charge in [0.25, 0.3) is 5.91 Å². The van der Waals surface area contributed by atoms with E-state index in [0.29, 0.717) is 21.1 Å². The summed E-state index contributed by atoms with van der Waals surface area (Å²) in [7, 11) is 0. The SMILES string of the molecule is CC[C@H](C)Oc1ccc(/C=N\NC(=O)COc2ccc(C3SCCS3)cc2)cc1Cl. The number of hydrogen-bond acceptors (Lipinski definition) is 6. The minimum atomic E-state index is -0.333. The van der Waals surface area contributed by atoms with Crippen molar-refractivity contribution in [3.63, 3.8) is 0 Å². The van der Waals surface area contributed by atoms with E-state index in [1.807, 2.05) is 48.6 Å². The maximum atomic E-state index is 12.0. The topological polar surface area (TPSA) is 59.9 Å². The predicted molar refractivity (Wildman–Crippen MR) is 127 cm³/mol. The third kappa shape index (κ3) is 6.86. The van der Waals surface area contributed by atoms with E-state index in [1.54, 1.807) is 12.1 Å². The van der Waals surface area contributed by atoms with E-state index < -0.39 is 0 Å². The summed E-state index contributed by atoms with van der Waals surface area (Å²) in [4.78, 5) is 12.0. The van der Waals surface area contributed by atoms with Crippen LogP contribution in [0.4, 0.5) is 0 Å². The summed E-state index contributed by atoms with van der Waals surface area (Å²) >= 11 is 10.2. The molecule has 1 amide bonds. The van der Waals surface area contributed by atoms with Gasteiger partial charge in [0.05, 0.1) is 21.9 Å². The summed E-state index contributed by atoms with van der Waals surface area (Å²) in [6, 6.07) is 13.3. The Morgan fingerprint density at radius 2 is 2.00 bits per heavy atom. The molecular formula is C22H25ClN2O3S2. The first-order chi connectivity index (χ1) is 14.5. The number of halogens is 1. The summed E-state index contributed by atoms with van der Waals surface area (Å²) in [5.41, 5.74) is 4.50. The number of hydrazone groups is 1. The Balaban J connectivity index is 1.44. The zero-order valence-electron chi connectivity index (χ0n) is 17.0. The number of benzene rings is 2. The summed E-state index contributed by atoms with van der Waals surface area (Å²) in [6.07, 6.45) is 2.52. The monoisotopic (exact) mass is 464 g/mol. The van der Waals surface area contributed by atoms with Crippen LogP contribution in [-0.4, -0.2) is 36.3 Å². The van der Waals surface area contributed by atoms with Crippen LogP contribution in [0.5, 0.6) is 11.5 Å². The lowest BCUT2D eigenvalue weighted by atomic mass is 10.2. The standard InChI is InChI=1S/C22H25ClN2O3S2/c1-3-15(2)28-20-9-4-16(12-19(20)23)13-24-25-21(26)14-27-18-7-5-17(6-8-18)22-29-10-11-30-22/h4-9,12-13,15,22H,3,10-11,14H2,1-2H3,(H,25,26)/b24-13-/t15-/m0/s1. The highest BCUT2D eigenvalue weighted by atomic mass is 35.5. The number of rotatable bonds is 9. The lowest BCUT2D eigenvalue weighted by Crippen LogP contribution is -2.24. The van der Waals surface area contributed by atoms with Crippen LogP contribution in [0.15, 0.2) is 47.6 Å². The molecule has 0 spiro atoms. The van der Waals surface area contributed by atoms with Crippen molar-refractivity contribution in [2.45, 2.75) is 31.0 Å². The van der Waals surface area contributed by atoms with Gasteiger partial charge in [-0.25, -0.2) is 5.43 Å². The highest BCUT2D eigenvalue weighted by molar-refractivity contribution is 8.19. The number of thioether (sulfide) groups is 2. The molecule has 30 heavy (non-hydrogen) atoms. The smallest absolute Gasteiger partial charge is 0.277 e. The van der Waals surface area contributed by atoms with E-state index in [9.17, 15) is 4.79 Å². The molecule has 0 aliphatic carbocycles. The van der Waals surface area contributed by atoms with Gasteiger partial charge in [0, 0.05) is 11.5 Å². The molecule has 1 N–H and O–H groups in total. The first-order valence-corrected chi connectivity index (χ1v) is 12.3. The summed E-state index contributed by atoms with van der Waals surface area (Å²) in [5, 5.41) is 4.46. The van der Waals surface area contributed by atoms with Gasteiger partial charge >= 0.3 is 0 Å². The average molecular weight is 465 g/mol. The second-order valence-electron chi connectivity index (χ2n) is 6.75. The van der Waals surface area contributed by atoms with Crippen molar-refractivity contribution in [3.05, 3.63) is 58.6 Å². The number of amides is 1. The van der Waals surface area contributed by atoms with Crippen LogP contribution in [0.25, 0.3) is 0 Å².